The fourth-order valence-corrected chi connectivity index (χ4v) is 1.68. The van der Waals surface area contributed by atoms with Gasteiger partial charge in [-0.2, -0.15) is 10.5 Å². The number of nitriles is 2. The Morgan fingerprint density at radius 3 is 2.43 bits per heavy atom. The van der Waals surface area contributed by atoms with E-state index in [1.165, 1.54) is 0 Å². The Hall–Kier alpha value is -1.80. The van der Waals surface area contributed by atoms with Gasteiger partial charge in [-0.3, -0.25) is 0 Å². The molecule has 0 aromatic heterocycles. The minimum absolute atomic E-state index is 0.237. The standard InChI is InChI=1S/C12H10N2/c1-9-6-11(3-2-10(9)7-13)12(8-14)4-5-12/h2-3,6H,4-5H2,1H3. The highest BCUT2D eigenvalue weighted by Gasteiger charge is 2.44. The van der Waals surface area contributed by atoms with Crippen molar-refractivity contribution in [2.45, 2.75) is 25.2 Å². The number of aryl methyl sites for hydroxylation is 1. The summed E-state index contributed by atoms with van der Waals surface area (Å²) in [5.74, 6) is 0. The molecule has 2 rings (SSSR count). The summed E-state index contributed by atoms with van der Waals surface area (Å²) in [7, 11) is 0. The predicted octanol–water partition coefficient (Wildman–Crippen LogP) is 2.42. The van der Waals surface area contributed by atoms with Crippen LogP contribution in [0.1, 0.15) is 29.5 Å². The average molecular weight is 182 g/mol. The molecule has 0 bridgehead atoms. The van der Waals surface area contributed by atoms with Crippen molar-refractivity contribution in [2.75, 3.05) is 0 Å². The summed E-state index contributed by atoms with van der Waals surface area (Å²) in [5, 5.41) is 17.8. The quantitative estimate of drug-likeness (QED) is 0.669. The third kappa shape index (κ3) is 1.17. The summed E-state index contributed by atoms with van der Waals surface area (Å²) in [4.78, 5) is 0. The summed E-state index contributed by atoms with van der Waals surface area (Å²) in [6.07, 6.45) is 1.91. The third-order valence-electron chi connectivity index (χ3n) is 2.86. The molecule has 0 saturated heterocycles. The van der Waals surface area contributed by atoms with Crippen molar-refractivity contribution in [3.05, 3.63) is 34.9 Å². The summed E-state index contributed by atoms with van der Waals surface area (Å²) in [5.41, 5.74) is 2.49. The van der Waals surface area contributed by atoms with Crippen LogP contribution in [0.2, 0.25) is 0 Å². The molecule has 0 unspecified atom stereocenters. The fourth-order valence-electron chi connectivity index (χ4n) is 1.68. The highest BCUT2D eigenvalue weighted by atomic mass is 14.5. The molecule has 1 aromatic rings. The van der Waals surface area contributed by atoms with Crippen LogP contribution in [0, 0.1) is 29.6 Å². The van der Waals surface area contributed by atoms with E-state index in [0.29, 0.717) is 5.56 Å². The maximum Gasteiger partial charge on any atom is 0.0994 e. The van der Waals surface area contributed by atoms with Gasteiger partial charge in [-0.1, -0.05) is 12.1 Å². The number of hydrogen-bond acceptors (Lipinski definition) is 2. The molecule has 1 saturated carbocycles. The van der Waals surface area contributed by atoms with E-state index in [9.17, 15) is 0 Å². The van der Waals surface area contributed by atoms with E-state index < -0.39 is 0 Å². The maximum atomic E-state index is 9.01. The lowest BCUT2D eigenvalue weighted by atomic mass is 9.94. The van der Waals surface area contributed by atoms with Crippen molar-refractivity contribution in [3.8, 4) is 12.1 Å². The smallest absolute Gasteiger partial charge is 0.0994 e. The van der Waals surface area contributed by atoms with Gasteiger partial charge in [0.05, 0.1) is 23.1 Å². The summed E-state index contributed by atoms with van der Waals surface area (Å²) < 4.78 is 0. The minimum Gasteiger partial charge on any atom is -0.197 e. The van der Waals surface area contributed by atoms with Gasteiger partial charge < -0.3 is 0 Å². The molecule has 0 aliphatic heterocycles. The van der Waals surface area contributed by atoms with Gasteiger partial charge in [-0.15, -0.1) is 0 Å². The van der Waals surface area contributed by atoms with E-state index in [1.807, 2.05) is 25.1 Å². The molecular weight excluding hydrogens is 172 g/mol. The van der Waals surface area contributed by atoms with E-state index in [2.05, 4.69) is 12.1 Å². The highest BCUT2D eigenvalue weighted by Crippen LogP contribution is 2.47. The number of rotatable bonds is 1. The Morgan fingerprint density at radius 2 is 2.00 bits per heavy atom. The van der Waals surface area contributed by atoms with E-state index in [-0.39, 0.29) is 5.41 Å². The van der Waals surface area contributed by atoms with E-state index in [0.717, 1.165) is 24.0 Å². The Balaban J connectivity index is 2.46. The monoisotopic (exact) mass is 182 g/mol. The summed E-state index contributed by atoms with van der Waals surface area (Å²) in [6, 6.07) is 10.2. The Kier molecular flexibility index (Phi) is 1.79. The van der Waals surface area contributed by atoms with Gasteiger partial charge in [0, 0.05) is 0 Å². The van der Waals surface area contributed by atoms with Crippen molar-refractivity contribution in [1.29, 1.82) is 10.5 Å². The van der Waals surface area contributed by atoms with Crippen molar-refractivity contribution < 1.29 is 0 Å². The Bertz CT molecular complexity index is 456. The highest BCUT2D eigenvalue weighted by molar-refractivity contribution is 5.46. The average Bonchev–Trinajstić information content (AvgIpc) is 2.98. The van der Waals surface area contributed by atoms with Gasteiger partial charge in [0.2, 0.25) is 0 Å². The first-order valence-electron chi connectivity index (χ1n) is 4.64. The van der Waals surface area contributed by atoms with Crippen LogP contribution < -0.4 is 0 Å². The van der Waals surface area contributed by atoms with Gasteiger partial charge in [-0.05, 0) is 37.0 Å². The lowest BCUT2D eigenvalue weighted by molar-refractivity contribution is 0.905. The van der Waals surface area contributed by atoms with Crippen LogP contribution in [0.3, 0.4) is 0 Å². The van der Waals surface area contributed by atoms with Crippen LogP contribution in [-0.2, 0) is 5.41 Å². The molecule has 0 atom stereocenters. The molecule has 0 N–H and O–H groups in total. The molecule has 1 aliphatic rings. The zero-order valence-electron chi connectivity index (χ0n) is 8.04. The zero-order chi connectivity index (χ0) is 10.2. The van der Waals surface area contributed by atoms with Gasteiger partial charge in [0.15, 0.2) is 0 Å². The van der Waals surface area contributed by atoms with Crippen molar-refractivity contribution in [3.63, 3.8) is 0 Å². The van der Waals surface area contributed by atoms with E-state index in [4.69, 9.17) is 10.5 Å². The second-order valence-electron chi connectivity index (χ2n) is 3.84. The molecule has 0 heterocycles. The molecule has 2 nitrogen and oxygen atoms in total. The van der Waals surface area contributed by atoms with Crippen molar-refractivity contribution >= 4 is 0 Å². The van der Waals surface area contributed by atoms with Gasteiger partial charge in [0.25, 0.3) is 0 Å². The third-order valence-corrected chi connectivity index (χ3v) is 2.86. The lowest BCUT2D eigenvalue weighted by Gasteiger charge is -2.07. The van der Waals surface area contributed by atoms with Crippen molar-refractivity contribution in [2.24, 2.45) is 0 Å². The van der Waals surface area contributed by atoms with Crippen molar-refractivity contribution in [1.82, 2.24) is 0 Å². The first-order valence-corrected chi connectivity index (χ1v) is 4.64. The predicted molar refractivity (Wildman–Crippen MR) is 52.4 cm³/mol. The lowest BCUT2D eigenvalue weighted by Crippen LogP contribution is -2.03. The Labute approximate surface area is 83.4 Å². The maximum absolute atomic E-state index is 9.01. The molecule has 1 aromatic carbocycles. The number of hydrogen-bond donors (Lipinski definition) is 0. The van der Waals surface area contributed by atoms with Crippen LogP contribution in [-0.4, -0.2) is 0 Å². The van der Waals surface area contributed by atoms with Crippen LogP contribution in [0.5, 0.6) is 0 Å². The van der Waals surface area contributed by atoms with E-state index in [1.54, 1.807) is 0 Å². The van der Waals surface area contributed by atoms with Crippen LogP contribution in [0.15, 0.2) is 18.2 Å². The topological polar surface area (TPSA) is 47.6 Å². The van der Waals surface area contributed by atoms with Gasteiger partial charge in [-0.25, -0.2) is 0 Å². The second-order valence-corrected chi connectivity index (χ2v) is 3.84. The second kappa shape index (κ2) is 2.86. The molecule has 0 spiro atoms. The SMILES string of the molecule is Cc1cc(C2(C#N)CC2)ccc1C#N. The van der Waals surface area contributed by atoms with Gasteiger partial charge in [0.1, 0.15) is 0 Å². The fraction of sp³-hybridized carbons (Fsp3) is 0.333. The molecular formula is C12H10N2. The summed E-state index contributed by atoms with van der Waals surface area (Å²) in [6.45, 7) is 1.91. The molecule has 1 aliphatic carbocycles. The van der Waals surface area contributed by atoms with Crippen LogP contribution >= 0.6 is 0 Å². The normalized spacial score (nSPS) is 16.8. The molecule has 0 radical (unpaired) electrons. The Morgan fingerprint density at radius 1 is 1.29 bits per heavy atom. The van der Waals surface area contributed by atoms with Gasteiger partial charge >= 0.3 is 0 Å². The molecule has 1 fully saturated rings. The molecule has 14 heavy (non-hydrogen) atoms. The molecule has 0 amide bonds. The first-order chi connectivity index (χ1) is 6.72. The number of benzene rings is 1. The van der Waals surface area contributed by atoms with Crippen LogP contribution in [0.25, 0.3) is 0 Å². The first kappa shape index (κ1) is 8.78. The van der Waals surface area contributed by atoms with E-state index >= 15 is 0 Å². The largest absolute Gasteiger partial charge is 0.197 e. The zero-order valence-corrected chi connectivity index (χ0v) is 8.04. The minimum atomic E-state index is -0.237. The number of nitrogens with zero attached hydrogens (tertiary/aromatic N) is 2. The summed E-state index contributed by atoms with van der Waals surface area (Å²) >= 11 is 0. The van der Waals surface area contributed by atoms with Crippen LogP contribution in [0.4, 0.5) is 0 Å². The molecule has 2 heteroatoms. The molecule has 68 valence electrons.